The molecule has 36 heavy (non-hydrogen) atoms. The van der Waals surface area contributed by atoms with Crippen LogP contribution < -0.4 is 9.47 Å². The highest BCUT2D eigenvalue weighted by molar-refractivity contribution is 7.19. The van der Waals surface area contributed by atoms with E-state index in [0.29, 0.717) is 30.5 Å². The van der Waals surface area contributed by atoms with Crippen LogP contribution in [0.4, 0.5) is 8.78 Å². The number of thiophene rings is 1. The summed E-state index contributed by atoms with van der Waals surface area (Å²) in [4.78, 5) is 15.4. The molecule has 1 aromatic carbocycles. The first kappa shape index (κ1) is 22.3. The average molecular weight is 504 g/mol. The maximum Gasteiger partial charge on any atom is 0.213 e. The minimum atomic E-state index is -0.714. The Kier molecular flexibility index (Phi) is 5.45. The molecule has 0 saturated heterocycles. The molecule has 180 valence electrons. The second kappa shape index (κ2) is 8.80. The van der Waals surface area contributed by atoms with Crippen molar-refractivity contribution in [3.63, 3.8) is 0 Å². The van der Waals surface area contributed by atoms with E-state index in [9.17, 15) is 8.78 Å². The molecule has 0 saturated carbocycles. The summed E-state index contributed by atoms with van der Waals surface area (Å²) in [6.45, 7) is 2.49. The van der Waals surface area contributed by atoms with Crippen LogP contribution in [0.2, 0.25) is 0 Å². The van der Waals surface area contributed by atoms with Crippen LogP contribution in [-0.2, 0) is 6.42 Å². The summed E-state index contributed by atoms with van der Waals surface area (Å²) < 4.78 is 40.6. The molecule has 10 heteroatoms. The van der Waals surface area contributed by atoms with Crippen molar-refractivity contribution in [1.29, 1.82) is 0 Å². The Morgan fingerprint density at radius 2 is 1.97 bits per heavy atom. The van der Waals surface area contributed by atoms with Crippen molar-refractivity contribution in [2.45, 2.75) is 13.3 Å². The van der Waals surface area contributed by atoms with Crippen molar-refractivity contribution >= 4 is 11.3 Å². The van der Waals surface area contributed by atoms with Gasteiger partial charge in [0, 0.05) is 30.3 Å². The van der Waals surface area contributed by atoms with E-state index in [4.69, 9.17) is 14.5 Å². The van der Waals surface area contributed by atoms with Crippen LogP contribution in [0.15, 0.2) is 55.0 Å². The topological polar surface area (TPSA) is 75.0 Å². The fourth-order valence-electron chi connectivity index (χ4n) is 4.22. The highest BCUT2D eigenvalue weighted by atomic mass is 32.1. The Hall–Kier alpha value is -4.18. The molecule has 0 N–H and O–H groups in total. The number of aryl methyl sites for hydroxylation is 1. The highest BCUT2D eigenvalue weighted by Crippen LogP contribution is 2.43. The van der Waals surface area contributed by atoms with Crippen molar-refractivity contribution < 1.29 is 18.3 Å². The number of hydrogen-bond acceptors (Lipinski definition) is 7. The third-order valence-electron chi connectivity index (χ3n) is 5.99. The van der Waals surface area contributed by atoms with Crippen molar-refractivity contribution in [3.8, 4) is 49.8 Å². The molecule has 0 atom stereocenters. The predicted molar refractivity (Wildman–Crippen MR) is 132 cm³/mol. The molecule has 0 radical (unpaired) electrons. The smallest absolute Gasteiger partial charge is 0.213 e. The fourth-order valence-corrected chi connectivity index (χ4v) is 5.41. The predicted octanol–water partition coefficient (Wildman–Crippen LogP) is 5.65. The average Bonchev–Trinajstić information content (AvgIpc) is 3.48. The lowest BCUT2D eigenvalue weighted by Crippen LogP contribution is -2.02. The van der Waals surface area contributed by atoms with Gasteiger partial charge in [-0.25, -0.2) is 28.4 Å². The molecule has 4 aromatic heterocycles. The lowest BCUT2D eigenvalue weighted by Gasteiger charge is -2.11. The van der Waals surface area contributed by atoms with E-state index in [-0.39, 0.29) is 5.69 Å². The zero-order valence-electron chi connectivity index (χ0n) is 19.3. The largest absolute Gasteiger partial charge is 0.491 e. The number of fused-ring (bicyclic) bond motifs is 3. The highest BCUT2D eigenvalue weighted by Gasteiger charge is 2.24. The van der Waals surface area contributed by atoms with Gasteiger partial charge in [-0.15, -0.1) is 11.3 Å². The maximum atomic E-state index is 14.5. The van der Waals surface area contributed by atoms with Gasteiger partial charge in [0.1, 0.15) is 29.3 Å². The molecule has 0 fully saturated rings. The summed E-state index contributed by atoms with van der Waals surface area (Å²) in [7, 11) is 1.58. The fraction of sp³-hybridized carbons (Fsp3) is 0.154. The van der Waals surface area contributed by atoms with Crippen molar-refractivity contribution in [3.05, 3.63) is 77.8 Å². The normalized spacial score (nSPS) is 12.4. The summed E-state index contributed by atoms with van der Waals surface area (Å²) >= 11 is 1.48. The molecule has 6 rings (SSSR count). The SMILES string of the molecule is COc1cc(C)c(-c2ccc3c(n2)-c2sc(-c4ncnn4-c4ccc(F)cc4F)cc2CCO3)cn1. The summed E-state index contributed by atoms with van der Waals surface area (Å²) in [6, 6.07) is 11.1. The van der Waals surface area contributed by atoms with Crippen molar-refractivity contribution in [2.24, 2.45) is 0 Å². The van der Waals surface area contributed by atoms with Gasteiger partial charge in [-0.2, -0.15) is 5.10 Å². The Bertz CT molecular complexity index is 1610. The van der Waals surface area contributed by atoms with Crippen molar-refractivity contribution in [1.82, 2.24) is 24.7 Å². The quantitative estimate of drug-likeness (QED) is 0.316. The Balaban J connectivity index is 1.45. The first-order valence-corrected chi connectivity index (χ1v) is 12.0. The Morgan fingerprint density at radius 3 is 2.78 bits per heavy atom. The molecule has 7 nitrogen and oxygen atoms in total. The summed E-state index contributed by atoms with van der Waals surface area (Å²) in [5, 5.41) is 4.19. The van der Waals surface area contributed by atoms with E-state index in [1.165, 1.54) is 34.5 Å². The van der Waals surface area contributed by atoms with E-state index in [0.717, 1.165) is 43.9 Å². The van der Waals surface area contributed by atoms with Crippen LogP contribution in [0.1, 0.15) is 11.1 Å². The van der Waals surface area contributed by atoms with Gasteiger partial charge >= 0.3 is 0 Å². The molecule has 0 unspecified atom stereocenters. The van der Waals surface area contributed by atoms with Crippen LogP contribution in [-0.4, -0.2) is 38.4 Å². The van der Waals surface area contributed by atoms with E-state index in [1.54, 1.807) is 13.3 Å². The van der Waals surface area contributed by atoms with Crippen LogP contribution in [0.3, 0.4) is 0 Å². The molecule has 1 aliphatic rings. The molecule has 0 amide bonds. The van der Waals surface area contributed by atoms with Crippen LogP contribution >= 0.6 is 11.3 Å². The number of pyridine rings is 2. The lowest BCUT2D eigenvalue weighted by molar-refractivity contribution is 0.325. The molecular weight excluding hydrogens is 484 g/mol. The number of hydrogen-bond donors (Lipinski definition) is 0. The van der Waals surface area contributed by atoms with Gasteiger partial charge in [-0.1, -0.05) is 0 Å². The van der Waals surface area contributed by atoms with E-state index >= 15 is 0 Å². The number of nitrogens with zero attached hydrogens (tertiary/aromatic N) is 5. The second-order valence-electron chi connectivity index (χ2n) is 8.24. The molecule has 1 aliphatic heterocycles. The minimum absolute atomic E-state index is 0.124. The number of ether oxygens (including phenoxy) is 2. The minimum Gasteiger partial charge on any atom is -0.491 e. The van der Waals surface area contributed by atoms with Crippen LogP contribution in [0, 0.1) is 18.6 Å². The van der Waals surface area contributed by atoms with E-state index < -0.39 is 11.6 Å². The Labute approximate surface area is 209 Å². The zero-order chi connectivity index (χ0) is 24.8. The zero-order valence-corrected chi connectivity index (χ0v) is 20.1. The molecule has 0 bridgehead atoms. The van der Waals surface area contributed by atoms with Crippen molar-refractivity contribution in [2.75, 3.05) is 13.7 Å². The molecule has 5 heterocycles. The van der Waals surface area contributed by atoms with Gasteiger partial charge < -0.3 is 9.47 Å². The van der Waals surface area contributed by atoms with E-state index in [2.05, 4.69) is 15.1 Å². The first-order valence-electron chi connectivity index (χ1n) is 11.2. The van der Waals surface area contributed by atoms with Crippen LogP contribution in [0.5, 0.6) is 11.6 Å². The van der Waals surface area contributed by atoms with Gasteiger partial charge in [0.15, 0.2) is 11.6 Å². The first-order chi connectivity index (χ1) is 17.5. The second-order valence-corrected chi connectivity index (χ2v) is 9.29. The molecular formula is C26H19F2N5O2S. The molecule has 0 aliphatic carbocycles. The number of halogens is 2. The number of benzene rings is 1. The summed E-state index contributed by atoms with van der Waals surface area (Å²) in [5.41, 5.74) is 4.56. The van der Waals surface area contributed by atoms with Gasteiger partial charge in [0.05, 0.1) is 29.2 Å². The Morgan fingerprint density at radius 1 is 1.08 bits per heavy atom. The third kappa shape index (κ3) is 3.79. The molecule has 0 spiro atoms. The van der Waals surface area contributed by atoms with Gasteiger partial charge in [-0.3, -0.25) is 0 Å². The number of aromatic nitrogens is 5. The monoisotopic (exact) mass is 503 g/mol. The van der Waals surface area contributed by atoms with Gasteiger partial charge in [0.25, 0.3) is 0 Å². The molecule has 5 aromatic rings. The summed E-state index contributed by atoms with van der Waals surface area (Å²) in [6.07, 6.45) is 3.79. The van der Waals surface area contributed by atoms with E-state index in [1.807, 2.05) is 31.2 Å². The maximum absolute atomic E-state index is 14.5. The van der Waals surface area contributed by atoms with Crippen LogP contribution in [0.25, 0.3) is 38.2 Å². The standard InChI is InChI=1S/C26H19F2N5O2S/c1-14-9-23(34-2)29-12-17(14)19-4-6-21-24(32-19)25-15(7-8-35-21)10-22(36-25)26-30-13-31-33(26)20-5-3-16(27)11-18(20)28/h3-6,9-13H,7-8H2,1-2H3. The lowest BCUT2D eigenvalue weighted by atomic mass is 10.1. The third-order valence-corrected chi connectivity index (χ3v) is 7.17. The van der Waals surface area contributed by atoms with Gasteiger partial charge in [0.2, 0.25) is 5.88 Å². The number of methoxy groups -OCH3 is 1. The summed E-state index contributed by atoms with van der Waals surface area (Å²) in [5.74, 6) is 0.333. The van der Waals surface area contributed by atoms with Gasteiger partial charge in [-0.05, 0) is 48.4 Å². The number of rotatable bonds is 4.